The maximum absolute atomic E-state index is 12.6. The van der Waals surface area contributed by atoms with Gasteiger partial charge < -0.3 is 23.9 Å². The minimum atomic E-state index is -0.743. The van der Waals surface area contributed by atoms with Crippen LogP contribution in [-0.4, -0.2) is 26.1 Å². The van der Waals surface area contributed by atoms with Gasteiger partial charge in [-0.05, 0) is 30.7 Å². The van der Waals surface area contributed by atoms with Crippen LogP contribution in [-0.2, 0) is 9.53 Å². The molecule has 0 saturated heterocycles. The second kappa shape index (κ2) is 7.55. The zero-order chi connectivity index (χ0) is 21.4. The van der Waals surface area contributed by atoms with Gasteiger partial charge in [0.1, 0.15) is 17.3 Å². The zero-order valence-corrected chi connectivity index (χ0v) is 16.6. The fourth-order valence-electron chi connectivity index (χ4n) is 3.61. The molecule has 30 heavy (non-hydrogen) atoms. The Kier molecular flexibility index (Phi) is 4.91. The number of benzene rings is 2. The number of anilines is 1. The van der Waals surface area contributed by atoms with Gasteiger partial charge in [-0.25, -0.2) is 9.59 Å². The molecule has 3 aromatic rings. The highest BCUT2D eigenvalue weighted by atomic mass is 16.6. The molecule has 1 N–H and O–H groups in total. The standard InChI is InChI=1S/C22H19NO7/c1-11-8-19(25)29-16-9-12(4-5-13(11)16)23-18(24)10-17-14-6-7-15(27-2)21(28-3)20(14)22(26)30-17/h4-9,17H,10H2,1-3H3,(H,23,24)/t17-/m1/s1. The lowest BCUT2D eigenvalue weighted by molar-refractivity contribution is -0.118. The summed E-state index contributed by atoms with van der Waals surface area (Å²) in [5, 5.41) is 3.53. The van der Waals surface area contributed by atoms with E-state index in [1.807, 2.05) is 6.92 Å². The first-order chi connectivity index (χ1) is 14.4. The molecule has 1 aliphatic rings. The Hall–Kier alpha value is -3.81. The molecule has 4 rings (SSSR count). The molecule has 1 aromatic heterocycles. The predicted octanol–water partition coefficient (Wildman–Crippen LogP) is 3.36. The van der Waals surface area contributed by atoms with Crippen molar-refractivity contribution in [2.75, 3.05) is 19.5 Å². The topological polar surface area (TPSA) is 104 Å². The minimum absolute atomic E-state index is 0.0793. The average Bonchev–Trinajstić information content (AvgIpc) is 3.02. The smallest absolute Gasteiger partial charge is 0.343 e. The Labute approximate surface area is 171 Å². The molecule has 1 amide bonds. The van der Waals surface area contributed by atoms with Crippen molar-refractivity contribution in [1.82, 2.24) is 0 Å². The number of cyclic esters (lactones) is 1. The molecule has 1 atom stereocenters. The third-order valence-corrected chi connectivity index (χ3v) is 4.98. The van der Waals surface area contributed by atoms with Gasteiger partial charge in [-0.2, -0.15) is 0 Å². The van der Waals surface area contributed by atoms with Gasteiger partial charge >= 0.3 is 11.6 Å². The molecular formula is C22H19NO7. The predicted molar refractivity (Wildman–Crippen MR) is 108 cm³/mol. The average molecular weight is 409 g/mol. The molecule has 0 fully saturated rings. The van der Waals surface area contributed by atoms with Crippen LogP contribution in [0.2, 0.25) is 0 Å². The third kappa shape index (κ3) is 3.36. The van der Waals surface area contributed by atoms with Crippen LogP contribution in [0.25, 0.3) is 11.0 Å². The van der Waals surface area contributed by atoms with Gasteiger partial charge in [-0.15, -0.1) is 0 Å². The number of aryl methyl sites for hydroxylation is 1. The van der Waals surface area contributed by atoms with Gasteiger partial charge in [0.25, 0.3) is 0 Å². The van der Waals surface area contributed by atoms with Gasteiger partial charge in [0.05, 0.1) is 20.6 Å². The van der Waals surface area contributed by atoms with Crippen molar-refractivity contribution in [2.45, 2.75) is 19.4 Å². The number of amides is 1. The number of methoxy groups -OCH3 is 2. The SMILES string of the molecule is COc1ccc2c(c1OC)C(=O)O[C@@H]2CC(=O)Nc1ccc2c(C)cc(=O)oc2c1. The number of nitrogens with one attached hydrogen (secondary N) is 1. The Morgan fingerprint density at radius 3 is 2.63 bits per heavy atom. The summed E-state index contributed by atoms with van der Waals surface area (Å²) in [5.41, 5.74) is 2.01. The second-order valence-corrected chi connectivity index (χ2v) is 6.87. The van der Waals surface area contributed by atoms with E-state index in [0.29, 0.717) is 22.6 Å². The monoisotopic (exact) mass is 409 g/mol. The van der Waals surface area contributed by atoms with E-state index in [2.05, 4.69) is 5.32 Å². The van der Waals surface area contributed by atoms with Crippen molar-refractivity contribution in [1.29, 1.82) is 0 Å². The van der Waals surface area contributed by atoms with Crippen molar-refractivity contribution in [3.8, 4) is 11.5 Å². The van der Waals surface area contributed by atoms with Crippen molar-refractivity contribution in [3.63, 3.8) is 0 Å². The molecule has 0 bridgehead atoms. The molecule has 2 heterocycles. The van der Waals surface area contributed by atoms with Gasteiger partial charge in [-0.3, -0.25) is 4.79 Å². The van der Waals surface area contributed by atoms with Crippen molar-refractivity contribution >= 4 is 28.5 Å². The molecule has 8 nitrogen and oxygen atoms in total. The lowest BCUT2D eigenvalue weighted by Gasteiger charge is -2.13. The van der Waals surface area contributed by atoms with Crippen molar-refractivity contribution < 1.29 is 28.2 Å². The van der Waals surface area contributed by atoms with Gasteiger partial charge in [0.15, 0.2) is 11.5 Å². The lowest BCUT2D eigenvalue weighted by Crippen LogP contribution is -2.15. The van der Waals surface area contributed by atoms with Crippen LogP contribution >= 0.6 is 0 Å². The van der Waals surface area contributed by atoms with Crippen LogP contribution in [0.4, 0.5) is 5.69 Å². The zero-order valence-electron chi connectivity index (χ0n) is 16.6. The lowest BCUT2D eigenvalue weighted by atomic mass is 10.0. The first-order valence-electron chi connectivity index (χ1n) is 9.21. The van der Waals surface area contributed by atoms with E-state index < -0.39 is 17.7 Å². The number of carbonyl (C=O) groups is 2. The molecule has 0 saturated carbocycles. The van der Waals surface area contributed by atoms with Gasteiger partial charge in [-0.1, -0.05) is 6.07 Å². The highest BCUT2D eigenvalue weighted by Gasteiger charge is 2.36. The Balaban J connectivity index is 1.55. The molecule has 1 aliphatic heterocycles. The molecule has 0 unspecified atom stereocenters. The quantitative estimate of drug-likeness (QED) is 0.509. The maximum atomic E-state index is 12.6. The fourth-order valence-corrected chi connectivity index (χ4v) is 3.61. The van der Waals surface area contributed by atoms with E-state index in [1.54, 1.807) is 30.3 Å². The summed E-state index contributed by atoms with van der Waals surface area (Å²) in [6.07, 6.45) is -0.822. The van der Waals surface area contributed by atoms with Gasteiger partial charge in [0, 0.05) is 28.8 Å². The molecule has 2 aromatic carbocycles. The largest absolute Gasteiger partial charge is 0.493 e. The number of hydrogen-bond donors (Lipinski definition) is 1. The van der Waals surface area contributed by atoms with Crippen molar-refractivity contribution in [2.24, 2.45) is 0 Å². The number of carbonyl (C=O) groups excluding carboxylic acids is 2. The van der Waals surface area contributed by atoms with Gasteiger partial charge in [0.2, 0.25) is 5.91 Å². The first-order valence-corrected chi connectivity index (χ1v) is 9.21. The number of ether oxygens (including phenoxy) is 3. The Morgan fingerprint density at radius 2 is 1.90 bits per heavy atom. The van der Waals surface area contributed by atoms with E-state index in [1.165, 1.54) is 20.3 Å². The highest BCUT2D eigenvalue weighted by Crippen LogP contribution is 2.43. The summed E-state index contributed by atoms with van der Waals surface area (Å²) < 4.78 is 21.1. The molecule has 0 radical (unpaired) electrons. The van der Waals surface area contributed by atoms with Crippen LogP contribution in [0, 0.1) is 6.92 Å². The Morgan fingerprint density at radius 1 is 1.10 bits per heavy atom. The van der Waals surface area contributed by atoms with E-state index in [-0.39, 0.29) is 23.6 Å². The molecule has 154 valence electrons. The first kappa shape index (κ1) is 19.5. The summed E-state index contributed by atoms with van der Waals surface area (Å²) in [6.45, 7) is 1.81. The summed E-state index contributed by atoms with van der Waals surface area (Å²) in [5.74, 6) is -0.236. The molecule has 0 aliphatic carbocycles. The summed E-state index contributed by atoms with van der Waals surface area (Å²) >= 11 is 0. The maximum Gasteiger partial charge on any atom is 0.343 e. The third-order valence-electron chi connectivity index (χ3n) is 4.98. The van der Waals surface area contributed by atoms with E-state index >= 15 is 0 Å². The van der Waals surface area contributed by atoms with Crippen LogP contribution in [0.15, 0.2) is 45.6 Å². The minimum Gasteiger partial charge on any atom is -0.493 e. The molecule has 0 spiro atoms. The Bertz CT molecular complexity index is 1230. The molecular weight excluding hydrogens is 390 g/mol. The van der Waals surface area contributed by atoms with Crippen LogP contribution in [0.3, 0.4) is 0 Å². The van der Waals surface area contributed by atoms with E-state index in [4.69, 9.17) is 18.6 Å². The highest BCUT2D eigenvalue weighted by molar-refractivity contribution is 6.00. The number of hydrogen-bond acceptors (Lipinski definition) is 7. The van der Waals surface area contributed by atoms with Crippen molar-refractivity contribution in [3.05, 3.63) is 63.5 Å². The van der Waals surface area contributed by atoms with Crippen LogP contribution in [0.1, 0.15) is 34.0 Å². The van der Waals surface area contributed by atoms with E-state index in [9.17, 15) is 14.4 Å². The number of rotatable bonds is 5. The van der Waals surface area contributed by atoms with Crippen LogP contribution in [0.5, 0.6) is 11.5 Å². The fraction of sp³-hybridized carbons (Fsp3) is 0.227. The second-order valence-electron chi connectivity index (χ2n) is 6.87. The van der Waals surface area contributed by atoms with Crippen LogP contribution < -0.4 is 20.4 Å². The summed E-state index contributed by atoms with van der Waals surface area (Å²) in [4.78, 5) is 36.5. The number of esters is 1. The van der Waals surface area contributed by atoms with E-state index in [0.717, 1.165) is 10.9 Å². The summed E-state index contributed by atoms with van der Waals surface area (Å²) in [6, 6.07) is 9.84. The normalized spacial score (nSPS) is 14.9. The molecule has 8 heteroatoms. The number of fused-ring (bicyclic) bond motifs is 2. The summed E-state index contributed by atoms with van der Waals surface area (Å²) in [7, 11) is 2.91.